The normalized spacial score (nSPS) is 10.7. The van der Waals surface area contributed by atoms with Crippen LogP contribution in [0.2, 0.25) is 0 Å². The second kappa shape index (κ2) is 6.62. The molecule has 6 nitrogen and oxygen atoms in total. The summed E-state index contributed by atoms with van der Waals surface area (Å²) in [7, 11) is 1.84. The van der Waals surface area contributed by atoms with Gasteiger partial charge in [0.1, 0.15) is 6.33 Å². The lowest BCUT2D eigenvalue weighted by atomic mass is 10.1. The van der Waals surface area contributed by atoms with Crippen LogP contribution in [0.4, 0.5) is 0 Å². The fraction of sp³-hybridized carbons (Fsp3) is 0.308. The van der Waals surface area contributed by atoms with E-state index < -0.39 is 5.97 Å². The highest BCUT2D eigenvalue weighted by Crippen LogP contribution is 2.18. The first-order valence-corrected chi connectivity index (χ1v) is 6.92. The van der Waals surface area contributed by atoms with Crippen molar-refractivity contribution in [2.75, 3.05) is 6.54 Å². The molecule has 106 valence electrons. The molecule has 2 rings (SSSR count). The minimum absolute atomic E-state index is 0.276. The summed E-state index contributed by atoms with van der Waals surface area (Å²) in [6.45, 7) is 1.42. The Kier molecular flexibility index (Phi) is 4.86. The average molecular weight is 339 g/mol. The monoisotopic (exact) mass is 338 g/mol. The number of benzene rings is 1. The highest BCUT2D eigenvalue weighted by atomic mass is 79.9. The Morgan fingerprint density at radius 3 is 2.90 bits per heavy atom. The number of aryl methyl sites for hydroxylation is 1. The maximum absolute atomic E-state index is 10.8. The minimum atomic E-state index is -0.925. The number of carboxylic acid groups (broad SMARTS) is 1. The van der Waals surface area contributed by atoms with Crippen molar-refractivity contribution in [3.05, 3.63) is 46.0 Å². The predicted molar refractivity (Wildman–Crippen MR) is 77.5 cm³/mol. The molecule has 2 aromatic rings. The van der Waals surface area contributed by atoms with Gasteiger partial charge in [0.05, 0.1) is 5.56 Å². The van der Waals surface area contributed by atoms with E-state index in [1.165, 1.54) is 0 Å². The third-order valence-corrected chi connectivity index (χ3v) is 3.53. The molecule has 0 aliphatic heterocycles. The van der Waals surface area contributed by atoms with Crippen LogP contribution in [0.1, 0.15) is 21.7 Å². The number of aromatic carboxylic acids is 1. The zero-order valence-corrected chi connectivity index (χ0v) is 12.6. The van der Waals surface area contributed by atoms with E-state index in [4.69, 9.17) is 5.11 Å². The van der Waals surface area contributed by atoms with Gasteiger partial charge in [-0.15, -0.1) is 0 Å². The third kappa shape index (κ3) is 3.88. The van der Waals surface area contributed by atoms with E-state index in [9.17, 15) is 4.79 Å². The molecule has 0 amide bonds. The van der Waals surface area contributed by atoms with E-state index in [2.05, 4.69) is 31.3 Å². The molecule has 1 aromatic carbocycles. The van der Waals surface area contributed by atoms with Crippen LogP contribution in [0.25, 0.3) is 0 Å². The van der Waals surface area contributed by atoms with E-state index in [1.807, 2.05) is 7.05 Å². The van der Waals surface area contributed by atoms with Crippen molar-refractivity contribution in [3.8, 4) is 0 Å². The lowest BCUT2D eigenvalue weighted by Gasteiger charge is -2.07. The first-order chi connectivity index (χ1) is 9.56. The van der Waals surface area contributed by atoms with Gasteiger partial charge in [0.2, 0.25) is 0 Å². The molecule has 1 aromatic heterocycles. The Morgan fingerprint density at radius 1 is 1.50 bits per heavy atom. The van der Waals surface area contributed by atoms with Crippen LogP contribution >= 0.6 is 15.9 Å². The Balaban J connectivity index is 1.83. The summed E-state index contributed by atoms with van der Waals surface area (Å²) < 4.78 is 2.47. The van der Waals surface area contributed by atoms with Gasteiger partial charge in [-0.05, 0) is 17.7 Å². The molecular formula is C13H15BrN4O2. The molecule has 7 heteroatoms. The van der Waals surface area contributed by atoms with Crippen LogP contribution < -0.4 is 5.32 Å². The maximum atomic E-state index is 10.8. The molecule has 0 saturated heterocycles. The number of halogens is 1. The number of nitrogens with zero attached hydrogens (tertiary/aromatic N) is 3. The van der Waals surface area contributed by atoms with Crippen molar-refractivity contribution in [1.82, 2.24) is 20.1 Å². The summed E-state index contributed by atoms with van der Waals surface area (Å²) in [4.78, 5) is 15.0. The molecule has 0 bridgehead atoms. The summed E-state index contributed by atoms with van der Waals surface area (Å²) in [6.07, 6.45) is 2.43. The minimum Gasteiger partial charge on any atom is -0.478 e. The Hall–Kier alpha value is -1.73. The molecule has 0 aliphatic carbocycles. The largest absolute Gasteiger partial charge is 0.478 e. The molecule has 0 unspecified atom stereocenters. The van der Waals surface area contributed by atoms with Crippen molar-refractivity contribution in [2.24, 2.45) is 7.05 Å². The zero-order valence-electron chi connectivity index (χ0n) is 11.0. The molecule has 0 aliphatic rings. The van der Waals surface area contributed by atoms with E-state index >= 15 is 0 Å². The van der Waals surface area contributed by atoms with Gasteiger partial charge in [-0.2, -0.15) is 5.10 Å². The fourth-order valence-corrected chi connectivity index (χ4v) is 2.26. The van der Waals surface area contributed by atoms with Crippen LogP contribution in [0.3, 0.4) is 0 Å². The van der Waals surface area contributed by atoms with Gasteiger partial charge >= 0.3 is 5.97 Å². The summed E-state index contributed by atoms with van der Waals surface area (Å²) in [5.41, 5.74) is 1.29. The second-order valence-electron chi connectivity index (χ2n) is 4.37. The number of carboxylic acids is 1. The summed E-state index contributed by atoms with van der Waals surface area (Å²) in [6, 6.07) is 5.02. The quantitative estimate of drug-likeness (QED) is 0.782. The predicted octanol–water partition coefficient (Wildman–Crippen LogP) is 1.61. The molecule has 2 N–H and O–H groups in total. The van der Waals surface area contributed by atoms with Crippen molar-refractivity contribution < 1.29 is 9.90 Å². The van der Waals surface area contributed by atoms with E-state index in [0.29, 0.717) is 6.54 Å². The Labute approximate surface area is 125 Å². The second-order valence-corrected chi connectivity index (χ2v) is 5.23. The first kappa shape index (κ1) is 14.7. The van der Waals surface area contributed by atoms with Crippen molar-refractivity contribution in [1.29, 1.82) is 0 Å². The standard InChI is InChI=1S/C13H15BrN4O2/c1-18-8-16-12(17-18)4-5-15-7-10-3-2-9(13(19)20)6-11(10)14/h2-3,6,8,15H,4-5,7H2,1H3,(H,19,20). The SMILES string of the molecule is Cn1cnc(CCNCc2ccc(C(=O)O)cc2Br)n1. The van der Waals surface area contributed by atoms with Crippen LogP contribution in [0, 0.1) is 0 Å². The topological polar surface area (TPSA) is 80.0 Å². The number of aromatic nitrogens is 3. The average Bonchev–Trinajstić information content (AvgIpc) is 2.81. The van der Waals surface area contributed by atoms with Gasteiger partial charge in [0.15, 0.2) is 5.82 Å². The number of rotatable bonds is 6. The Morgan fingerprint density at radius 2 is 2.30 bits per heavy atom. The van der Waals surface area contributed by atoms with Gasteiger partial charge in [-0.3, -0.25) is 4.68 Å². The van der Waals surface area contributed by atoms with E-state index in [1.54, 1.807) is 29.2 Å². The van der Waals surface area contributed by atoms with Crippen LogP contribution in [0.5, 0.6) is 0 Å². The first-order valence-electron chi connectivity index (χ1n) is 6.13. The maximum Gasteiger partial charge on any atom is 0.335 e. The van der Waals surface area contributed by atoms with Gasteiger partial charge in [0, 0.05) is 31.0 Å². The highest BCUT2D eigenvalue weighted by molar-refractivity contribution is 9.10. The number of nitrogens with one attached hydrogen (secondary N) is 1. The zero-order chi connectivity index (χ0) is 14.5. The van der Waals surface area contributed by atoms with Gasteiger partial charge in [-0.25, -0.2) is 9.78 Å². The molecule has 20 heavy (non-hydrogen) atoms. The number of carbonyl (C=O) groups is 1. The van der Waals surface area contributed by atoms with Gasteiger partial charge in [-0.1, -0.05) is 22.0 Å². The number of hydrogen-bond donors (Lipinski definition) is 2. The smallest absolute Gasteiger partial charge is 0.335 e. The lowest BCUT2D eigenvalue weighted by molar-refractivity contribution is 0.0697. The molecule has 0 atom stereocenters. The van der Waals surface area contributed by atoms with E-state index in [-0.39, 0.29) is 5.56 Å². The summed E-state index contributed by atoms with van der Waals surface area (Å²) in [5, 5.41) is 16.4. The van der Waals surface area contributed by atoms with Gasteiger partial charge < -0.3 is 10.4 Å². The molecule has 1 heterocycles. The molecule has 0 saturated carbocycles. The highest BCUT2D eigenvalue weighted by Gasteiger charge is 2.06. The van der Waals surface area contributed by atoms with Crippen molar-refractivity contribution in [2.45, 2.75) is 13.0 Å². The van der Waals surface area contributed by atoms with Crippen LogP contribution in [0.15, 0.2) is 29.0 Å². The molecule has 0 radical (unpaired) electrons. The fourth-order valence-electron chi connectivity index (χ4n) is 1.75. The summed E-state index contributed by atoms with van der Waals surface area (Å²) >= 11 is 3.38. The van der Waals surface area contributed by atoms with Gasteiger partial charge in [0.25, 0.3) is 0 Å². The molecular weight excluding hydrogens is 324 g/mol. The van der Waals surface area contributed by atoms with Crippen molar-refractivity contribution in [3.63, 3.8) is 0 Å². The summed E-state index contributed by atoms with van der Waals surface area (Å²) in [5.74, 6) is -0.119. The van der Waals surface area contributed by atoms with Crippen LogP contribution in [-0.2, 0) is 20.0 Å². The molecule has 0 fully saturated rings. The van der Waals surface area contributed by atoms with E-state index in [0.717, 1.165) is 28.8 Å². The number of hydrogen-bond acceptors (Lipinski definition) is 4. The lowest BCUT2D eigenvalue weighted by Crippen LogP contribution is -2.17. The van der Waals surface area contributed by atoms with Crippen LogP contribution in [-0.4, -0.2) is 32.4 Å². The van der Waals surface area contributed by atoms with Crippen molar-refractivity contribution >= 4 is 21.9 Å². The molecule has 0 spiro atoms. The third-order valence-electron chi connectivity index (χ3n) is 2.79. The Bertz CT molecular complexity index is 612.